The number of ether oxygens (including phenoxy) is 1. The molecule has 7 nitrogen and oxygen atoms in total. The molecule has 3 rings (SSSR count). The van der Waals surface area contributed by atoms with Gasteiger partial charge in [0.1, 0.15) is 6.10 Å². The van der Waals surface area contributed by atoms with Crippen LogP contribution >= 0.6 is 0 Å². The van der Waals surface area contributed by atoms with Crippen molar-refractivity contribution in [2.45, 2.75) is 31.5 Å². The molecule has 0 amide bonds. The van der Waals surface area contributed by atoms with Gasteiger partial charge in [-0.1, -0.05) is 12.1 Å². The first-order chi connectivity index (χ1) is 12.6. The predicted molar refractivity (Wildman–Crippen MR) is 97.8 cm³/mol. The molecule has 2 aromatic rings. The molecule has 142 valence electrons. The van der Waals surface area contributed by atoms with Crippen molar-refractivity contribution in [1.82, 2.24) is 15.3 Å². The number of nitrogens with one attached hydrogen (secondary N) is 1. The number of aliphatic hydroxyl groups is 3. The molecule has 1 aliphatic heterocycles. The number of nitrogens with zero attached hydrogens (tertiary/aromatic N) is 2. The summed E-state index contributed by atoms with van der Waals surface area (Å²) in [4.78, 5) is 8.68. The molecule has 0 unspecified atom stereocenters. The summed E-state index contributed by atoms with van der Waals surface area (Å²) in [5.41, 5.74) is 1.74. The molecule has 0 aliphatic carbocycles. The Morgan fingerprint density at radius 2 is 2.15 bits per heavy atom. The van der Waals surface area contributed by atoms with Crippen LogP contribution in [0, 0.1) is 11.8 Å². The highest BCUT2D eigenvalue weighted by Gasteiger charge is 2.30. The molecule has 0 radical (unpaired) electrons. The van der Waals surface area contributed by atoms with Crippen LogP contribution in [0.5, 0.6) is 5.88 Å². The van der Waals surface area contributed by atoms with Gasteiger partial charge in [0, 0.05) is 12.2 Å². The van der Waals surface area contributed by atoms with Gasteiger partial charge in [-0.25, -0.2) is 9.97 Å². The Morgan fingerprint density at radius 1 is 1.31 bits per heavy atom. The smallest absolute Gasteiger partial charge is 0.232 e. The Morgan fingerprint density at radius 3 is 2.92 bits per heavy atom. The summed E-state index contributed by atoms with van der Waals surface area (Å²) in [5, 5.41) is 34.0. The Hall–Kier alpha value is -1.80. The standard InChI is InChI=1S/C19H27N3O4/c1-26-17-11-21-15-4-2-3-14(18(15)22-17)19(25)16(24)9-12-5-7-20-10-13(12)6-8-23/h2-4,11-13,16,19-20,23-25H,5-10H2,1H3/t12-,13+,16+,19+/m0/s1. The summed E-state index contributed by atoms with van der Waals surface area (Å²) in [6.45, 7) is 1.87. The molecular formula is C19H27N3O4. The van der Waals surface area contributed by atoms with E-state index in [1.807, 2.05) is 6.07 Å². The van der Waals surface area contributed by atoms with E-state index in [0.29, 0.717) is 41.2 Å². The van der Waals surface area contributed by atoms with Crippen molar-refractivity contribution in [2.24, 2.45) is 11.8 Å². The lowest BCUT2D eigenvalue weighted by molar-refractivity contribution is -0.00624. The summed E-state index contributed by atoms with van der Waals surface area (Å²) in [6.07, 6.45) is 1.70. The second-order valence-electron chi connectivity index (χ2n) is 6.90. The van der Waals surface area contributed by atoms with Crippen LogP contribution in [0.25, 0.3) is 11.0 Å². The molecule has 0 spiro atoms. The van der Waals surface area contributed by atoms with E-state index in [-0.39, 0.29) is 12.5 Å². The highest BCUT2D eigenvalue weighted by Crippen LogP contribution is 2.32. The fraction of sp³-hybridized carbons (Fsp3) is 0.579. The first-order valence-electron chi connectivity index (χ1n) is 9.11. The Bertz CT molecular complexity index is 725. The topological polar surface area (TPSA) is 108 Å². The lowest BCUT2D eigenvalue weighted by atomic mass is 9.79. The summed E-state index contributed by atoms with van der Waals surface area (Å²) < 4.78 is 5.13. The molecule has 1 aromatic heterocycles. The number of aliphatic hydroxyl groups excluding tert-OH is 3. The van der Waals surface area contributed by atoms with E-state index >= 15 is 0 Å². The summed E-state index contributed by atoms with van der Waals surface area (Å²) >= 11 is 0. The monoisotopic (exact) mass is 361 g/mol. The van der Waals surface area contributed by atoms with Gasteiger partial charge in [0.05, 0.1) is 30.4 Å². The fourth-order valence-corrected chi connectivity index (χ4v) is 3.81. The minimum Gasteiger partial charge on any atom is -0.480 e. The first kappa shape index (κ1) is 19.0. The average Bonchev–Trinajstić information content (AvgIpc) is 2.68. The molecule has 26 heavy (non-hydrogen) atoms. The van der Waals surface area contributed by atoms with Gasteiger partial charge in [0.2, 0.25) is 5.88 Å². The Labute approximate surface area is 153 Å². The quantitative estimate of drug-likeness (QED) is 0.583. The highest BCUT2D eigenvalue weighted by atomic mass is 16.5. The zero-order valence-corrected chi connectivity index (χ0v) is 15.0. The number of benzene rings is 1. The number of hydrogen-bond donors (Lipinski definition) is 4. The minimum absolute atomic E-state index is 0.139. The van der Waals surface area contributed by atoms with Crippen LogP contribution in [0.2, 0.25) is 0 Å². The lowest BCUT2D eigenvalue weighted by Gasteiger charge is -2.34. The zero-order valence-electron chi connectivity index (χ0n) is 15.0. The van der Waals surface area contributed by atoms with Crippen LogP contribution in [0.15, 0.2) is 24.4 Å². The van der Waals surface area contributed by atoms with Crippen molar-refractivity contribution in [1.29, 1.82) is 0 Å². The van der Waals surface area contributed by atoms with Crippen LogP contribution in [-0.2, 0) is 0 Å². The van der Waals surface area contributed by atoms with Gasteiger partial charge in [-0.2, -0.15) is 0 Å². The van der Waals surface area contributed by atoms with Gasteiger partial charge in [0.15, 0.2) is 0 Å². The van der Waals surface area contributed by atoms with E-state index in [9.17, 15) is 15.3 Å². The largest absolute Gasteiger partial charge is 0.480 e. The van der Waals surface area contributed by atoms with Crippen molar-refractivity contribution in [3.05, 3.63) is 30.0 Å². The predicted octanol–water partition coefficient (Wildman–Crippen LogP) is 1.03. The van der Waals surface area contributed by atoms with E-state index < -0.39 is 12.2 Å². The SMILES string of the molecule is COc1cnc2cccc([C@@H](O)[C@H](O)C[C@@H]3CCNC[C@H]3CCO)c2n1. The third-order valence-electron chi connectivity index (χ3n) is 5.28. The molecule has 1 aliphatic rings. The van der Waals surface area contributed by atoms with E-state index in [4.69, 9.17) is 4.74 Å². The molecule has 2 heterocycles. The van der Waals surface area contributed by atoms with Crippen LogP contribution in [-0.4, -0.2) is 58.2 Å². The van der Waals surface area contributed by atoms with Crippen molar-refractivity contribution in [3.63, 3.8) is 0 Å². The lowest BCUT2D eigenvalue weighted by Crippen LogP contribution is -2.39. The first-order valence-corrected chi connectivity index (χ1v) is 9.11. The van der Waals surface area contributed by atoms with Crippen LogP contribution in [0.1, 0.15) is 30.9 Å². The normalized spacial score (nSPS) is 22.9. The van der Waals surface area contributed by atoms with Gasteiger partial charge in [-0.05, 0) is 50.3 Å². The number of methoxy groups -OCH3 is 1. The van der Waals surface area contributed by atoms with E-state index in [2.05, 4.69) is 15.3 Å². The van der Waals surface area contributed by atoms with Gasteiger partial charge in [-0.15, -0.1) is 0 Å². The maximum absolute atomic E-state index is 10.8. The Balaban J connectivity index is 1.79. The van der Waals surface area contributed by atoms with Crippen LogP contribution < -0.4 is 10.1 Å². The molecule has 1 fully saturated rings. The molecule has 7 heteroatoms. The van der Waals surface area contributed by atoms with Crippen LogP contribution in [0.4, 0.5) is 0 Å². The van der Waals surface area contributed by atoms with Crippen LogP contribution in [0.3, 0.4) is 0 Å². The summed E-state index contributed by atoms with van der Waals surface area (Å²) in [5.74, 6) is 0.944. The molecule has 0 saturated carbocycles. The van der Waals surface area contributed by atoms with Crippen molar-refractivity contribution >= 4 is 11.0 Å². The number of fused-ring (bicyclic) bond motifs is 1. The van der Waals surface area contributed by atoms with Crippen molar-refractivity contribution < 1.29 is 20.1 Å². The third-order valence-corrected chi connectivity index (χ3v) is 5.28. The van der Waals surface area contributed by atoms with Crippen molar-refractivity contribution in [3.8, 4) is 5.88 Å². The molecule has 4 atom stereocenters. The second kappa shape index (κ2) is 8.73. The number of rotatable bonds is 7. The molecule has 1 aromatic carbocycles. The highest BCUT2D eigenvalue weighted by molar-refractivity contribution is 5.78. The molecule has 1 saturated heterocycles. The zero-order chi connectivity index (χ0) is 18.5. The number of para-hydroxylation sites is 1. The van der Waals surface area contributed by atoms with Crippen molar-refractivity contribution in [2.75, 3.05) is 26.8 Å². The number of hydrogen-bond acceptors (Lipinski definition) is 7. The molecule has 4 N–H and O–H groups in total. The number of piperidine rings is 1. The Kier molecular flexibility index (Phi) is 6.37. The second-order valence-corrected chi connectivity index (χ2v) is 6.90. The number of aromatic nitrogens is 2. The summed E-state index contributed by atoms with van der Waals surface area (Å²) in [7, 11) is 1.52. The molecular weight excluding hydrogens is 334 g/mol. The van der Waals surface area contributed by atoms with E-state index in [1.165, 1.54) is 13.3 Å². The van der Waals surface area contributed by atoms with Gasteiger partial charge >= 0.3 is 0 Å². The molecule has 0 bridgehead atoms. The summed E-state index contributed by atoms with van der Waals surface area (Å²) in [6, 6.07) is 5.38. The van der Waals surface area contributed by atoms with Gasteiger partial charge < -0.3 is 25.4 Å². The maximum Gasteiger partial charge on any atom is 0.232 e. The minimum atomic E-state index is -1.05. The van der Waals surface area contributed by atoms with E-state index in [0.717, 1.165) is 19.5 Å². The average molecular weight is 361 g/mol. The van der Waals surface area contributed by atoms with Gasteiger partial charge in [0.25, 0.3) is 0 Å². The van der Waals surface area contributed by atoms with E-state index in [1.54, 1.807) is 12.1 Å². The third kappa shape index (κ3) is 4.12. The maximum atomic E-state index is 10.8. The fourth-order valence-electron chi connectivity index (χ4n) is 3.81. The van der Waals surface area contributed by atoms with Gasteiger partial charge in [-0.3, -0.25) is 0 Å².